The first kappa shape index (κ1) is 12.9. The minimum absolute atomic E-state index is 0.0634. The first-order chi connectivity index (χ1) is 8.76. The number of ether oxygens (including phenoxy) is 2. The largest absolute Gasteiger partial charge is 0.497 e. The van der Waals surface area contributed by atoms with Crippen molar-refractivity contribution in [3.63, 3.8) is 0 Å². The van der Waals surface area contributed by atoms with E-state index in [0.29, 0.717) is 17.9 Å². The fourth-order valence-electron chi connectivity index (χ4n) is 2.39. The topological polar surface area (TPSA) is 38.8 Å². The quantitative estimate of drug-likeness (QED) is 0.818. The van der Waals surface area contributed by atoms with Gasteiger partial charge in [0.2, 0.25) is 0 Å². The fourth-order valence-corrected chi connectivity index (χ4v) is 2.39. The summed E-state index contributed by atoms with van der Waals surface area (Å²) < 4.78 is 10.3. The van der Waals surface area contributed by atoms with Crippen LogP contribution in [0.4, 0.5) is 0 Å². The van der Waals surface area contributed by atoms with Crippen LogP contribution < -0.4 is 4.74 Å². The van der Waals surface area contributed by atoms with Crippen molar-refractivity contribution >= 4 is 5.91 Å². The number of amides is 1. The van der Waals surface area contributed by atoms with Crippen LogP contribution in [0.1, 0.15) is 23.2 Å². The predicted octanol–water partition coefficient (Wildman–Crippen LogP) is 1.95. The second-order valence-electron chi connectivity index (χ2n) is 4.48. The number of hydrogen-bond acceptors (Lipinski definition) is 3. The Morgan fingerprint density at radius 1 is 1.44 bits per heavy atom. The van der Waals surface area contributed by atoms with E-state index in [1.165, 1.54) is 0 Å². The molecule has 0 aliphatic carbocycles. The van der Waals surface area contributed by atoms with Gasteiger partial charge < -0.3 is 14.4 Å². The third-order valence-electron chi connectivity index (χ3n) is 3.31. The molecule has 1 aliphatic heterocycles. The zero-order valence-corrected chi connectivity index (χ0v) is 10.9. The van der Waals surface area contributed by atoms with E-state index in [2.05, 4.69) is 0 Å². The Bertz CT molecular complexity index is 419. The number of carbonyl (C=O) groups excluding carboxylic acids is 1. The molecule has 1 amide bonds. The number of benzene rings is 1. The maximum atomic E-state index is 12.4. The van der Waals surface area contributed by atoms with Gasteiger partial charge in [-0.2, -0.15) is 0 Å². The Morgan fingerprint density at radius 2 is 2.28 bits per heavy atom. The number of carbonyl (C=O) groups is 1. The van der Waals surface area contributed by atoms with Crippen molar-refractivity contribution in [2.24, 2.45) is 0 Å². The molecule has 0 radical (unpaired) electrons. The highest BCUT2D eigenvalue weighted by atomic mass is 16.5. The summed E-state index contributed by atoms with van der Waals surface area (Å²) in [5, 5.41) is 0. The number of nitrogens with zero attached hydrogens (tertiary/aromatic N) is 1. The molecule has 98 valence electrons. The molecule has 0 aromatic heterocycles. The molecule has 0 saturated carbocycles. The van der Waals surface area contributed by atoms with Crippen LogP contribution in [0.5, 0.6) is 5.75 Å². The summed E-state index contributed by atoms with van der Waals surface area (Å²) in [4.78, 5) is 14.3. The van der Waals surface area contributed by atoms with Crippen molar-refractivity contribution < 1.29 is 14.3 Å². The zero-order chi connectivity index (χ0) is 13.0. The van der Waals surface area contributed by atoms with Crippen LogP contribution >= 0.6 is 0 Å². The average molecular weight is 249 g/mol. The van der Waals surface area contributed by atoms with Gasteiger partial charge in [-0.25, -0.2) is 0 Å². The van der Waals surface area contributed by atoms with E-state index in [0.717, 1.165) is 19.4 Å². The van der Waals surface area contributed by atoms with E-state index >= 15 is 0 Å². The molecule has 4 heteroatoms. The standard InChI is InChI=1S/C14H19NO3/c1-17-10-12-6-4-8-15(12)14(16)11-5-3-7-13(9-11)18-2/h3,5,7,9,12H,4,6,8,10H2,1-2H3. The Kier molecular flexibility index (Phi) is 4.20. The first-order valence-corrected chi connectivity index (χ1v) is 6.20. The van der Waals surface area contributed by atoms with Crippen molar-refractivity contribution in [1.82, 2.24) is 4.90 Å². The van der Waals surface area contributed by atoms with Gasteiger partial charge in [-0.15, -0.1) is 0 Å². The Labute approximate surface area is 107 Å². The Hall–Kier alpha value is -1.55. The molecule has 18 heavy (non-hydrogen) atoms. The molecule has 1 heterocycles. The highest BCUT2D eigenvalue weighted by molar-refractivity contribution is 5.95. The zero-order valence-electron chi connectivity index (χ0n) is 10.9. The molecular formula is C14H19NO3. The summed E-state index contributed by atoms with van der Waals surface area (Å²) in [7, 11) is 3.28. The third-order valence-corrected chi connectivity index (χ3v) is 3.31. The monoisotopic (exact) mass is 249 g/mol. The maximum absolute atomic E-state index is 12.4. The number of likely N-dealkylation sites (tertiary alicyclic amines) is 1. The van der Waals surface area contributed by atoms with Crippen LogP contribution in [0.3, 0.4) is 0 Å². The maximum Gasteiger partial charge on any atom is 0.254 e. The molecule has 1 unspecified atom stereocenters. The van der Waals surface area contributed by atoms with Crippen molar-refractivity contribution in [3.8, 4) is 5.75 Å². The van der Waals surface area contributed by atoms with Gasteiger partial charge in [-0.1, -0.05) is 6.07 Å². The lowest BCUT2D eigenvalue weighted by Gasteiger charge is -2.24. The van der Waals surface area contributed by atoms with Gasteiger partial charge in [-0.3, -0.25) is 4.79 Å². The van der Waals surface area contributed by atoms with Crippen LogP contribution in [0.2, 0.25) is 0 Å². The average Bonchev–Trinajstić information content (AvgIpc) is 2.86. The molecule has 1 atom stereocenters. The summed E-state index contributed by atoms with van der Waals surface area (Å²) in [6.07, 6.45) is 2.06. The molecule has 1 fully saturated rings. The Balaban J connectivity index is 2.14. The molecule has 0 N–H and O–H groups in total. The van der Waals surface area contributed by atoms with Crippen LogP contribution in [0.15, 0.2) is 24.3 Å². The lowest BCUT2D eigenvalue weighted by Crippen LogP contribution is -2.38. The molecular weight excluding hydrogens is 230 g/mol. The summed E-state index contributed by atoms with van der Waals surface area (Å²) >= 11 is 0. The molecule has 0 bridgehead atoms. The van der Waals surface area contributed by atoms with Crippen LogP contribution in [-0.4, -0.2) is 44.2 Å². The van der Waals surface area contributed by atoms with Gasteiger partial charge in [0.25, 0.3) is 5.91 Å². The molecule has 1 aromatic carbocycles. The van der Waals surface area contributed by atoms with Gasteiger partial charge >= 0.3 is 0 Å². The van der Waals surface area contributed by atoms with Crippen LogP contribution in [-0.2, 0) is 4.74 Å². The summed E-state index contributed by atoms with van der Waals surface area (Å²) in [5.41, 5.74) is 0.678. The molecule has 1 aliphatic rings. The van der Waals surface area contributed by atoms with E-state index in [-0.39, 0.29) is 11.9 Å². The minimum Gasteiger partial charge on any atom is -0.497 e. The number of rotatable bonds is 4. The first-order valence-electron chi connectivity index (χ1n) is 6.20. The molecule has 2 rings (SSSR count). The summed E-state index contributed by atoms with van der Waals surface area (Å²) in [5.74, 6) is 0.775. The smallest absolute Gasteiger partial charge is 0.254 e. The van der Waals surface area contributed by atoms with E-state index in [9.17, 15) is 4.79 Å². The summed E-state index contributed by atoms with van der Waals surface area (Å²) in [6, 6.07) is 7.49. The van der Waals surface area contributed by atoms with Crippen LogP contribution in [0, 0.1) is 0 Å². The minimum atomic E-state index is 0.0634. The number of hydrogen-bond donors (Lipinski definition) is 0. The van der Waals surface area contributed by atoms with E-state index < -0.39 is 0 Å². The highest BCUT2D eigenvalue weighted by Gasteiger charge is 2.29. The molecule has 0 spiro atoms. The second-order valence-corrected chi connectivity index (χ2v) is 4.48. The van der Waals surface area contributed by atoms with Gasteiger partial charge in [-0.05, 0) is 31.0 Å². The van der Waals surface area contributed by atoms with Crippen molar-refractivity contribution in [2.45, 2.75) is 18.9 Å². The lowest BCUT2D eigenvalue weighted by molar-refractivity contribution is 0.0630. The van der Waals surface area contributed by atoms with E-state index in [1.807, 2.05) is 23.1 Å². The molecule has 4 nitrogen and oxygen atoms in total. The van der Waals surface area contributed by atoms with Crippen LogP contribution in [0.25, 0.3) is 0 Å². The normalized spacial score (nSPS) is 19.0. The number of methoxy groups -OCH3 is 2. The third kappa shape index (κ3) is 2.64. The van der Waals surface area contributed by atoms with Gasteiger partial charge in [0, 0.05) is 19.2 Å². The Morgan fingerprint density at radius 3 is 3.00 bits per heavy atom. The molecule has 1 saturated heterocycles. The second kappa shape index (κ2) is 5.87. The van der Waals surface area contributed by atoms with Crippen molar-refractivity contribution in [3.05, 3.63) is 29.8 Å². The molecule has 1 aromatic rings. The van der Waals surface area contributed by atoms with Gasteiger partial charge in [0.05, 0.1) is 19.8 Å². The van der Waals surface area contributed by atoms with Crippen molar-refractivity contribution in [1.29, 1.82) is 0 Å². The van der Waals surface area contributed by atoms with E-state index in [4.69, 9.17) is 9.47 Å². The SMILES string of the molecule is COCC1CCCN1C(=O)c1cccc(OC)c1. The lowest BCUT2D eigenvalue weighted by atomic mass is 10.1. The van der Waals surface area contributed by atoms with Gasteiger partial charge in [0.1, 0.15) is 5.75 Å². The highest BCUT2D eigenvalue weighted by Crippen LogP contribution is 2.22. The van der Waals surface area contributed by atoms with Gasteiger partial charge in [0.15, 0.2) is 0 Å². The van der Waals surface area contributed by atoms with E-state index in [1.54, 1.807) is 20.3 Å². The fraction of sp³-hybridized carbons (Fsp3) is 0.500. The summed E-state index contributed by atoms with van der Waals surface area (Å²) in [6.45, 7) is 1.42. The van der Waals surface area contributed by atoms with Crippen molar-refractivity contribution in [2.75, 3.05) is 27.4 Å². The predicted molar refractivity (Wildman–Crippen MR) is 68.9 cm³/mol.